The maximum absolute atomic E-state index is 11.1. The third-order valence-corrected chi connectivity index (χ3v) is 4.17. The van der Waals surface area contributed by atoms with Crippen molar-refractivity contribution in [1.29, 1.82) is 0 Å². The van der Waals surface area contributed by atoms with Crippen molar-refractivity contribution in [3.05, 3.63) is 0 Å². The summed E-state index contributed by atoms with van der Waals surface area (Å²) in [4.78, 5) is 13.6. The van der Waals surface area contributed by atoms with E-state index in [0.29, 0.717) is 6.42 Å². The van der Waals surface area contributed by atoms with E-state index in [1.54, 1.807) is 14.0 Å². The number of nitrogens with one attached hydrogen (secondary N) is 1. The van der Waals surface area contributed by atoms with E-state index in [1.165, 1.54) is 25.9 Å². The zero-order valence-corrected chi connectivity index (χ0v) is 12.0. The zero-order chi connectivity index (χ0) is 13.6. The number of likely N-dealkylation sites (tertiary alicyclic amines) is 1. The van der Waals surface area contributed by atoms with Gasteiger partial charge < -0.3 is 15.3 Å². The van der Waals surface area contributed by atoms with E-state index >= 15 is 0 Å². The Morgan fingerprint density at radius 1 is 1.50 bits per heavy atom. The highest BCUT2D eigenvalue weighted by Crippen LogP contribution is 2.17. The molecule has 2 atom stereocenters. The van der Waals surface area contributed by atoms with Crippen molar-refractivity contribution in [2.75, 3.05) is 26.7 Å². The van der Waals surface area contributed by atoms with Crippen LogP contribution in [0.15, 0.2) is 0 Å². The van der Waals surface area contributed by atoms with Gasteiger partial charge in [0.05, 0.1) is 0 Å². The Labute approximate surface area is 111 Å². The molecule has 0 aromatic carbocycles. The first kappa shape index (κ1) is 15.4. The molecule has 4 nitrogen and oxygen atoms in total. The first-order chi connectivity index (χ1) is 8.48. The number of rotatable bonds is 7. The third-order valence-electron chi connectivity index (χ3n) is 4.17. The highest BCUT2D eigenvalue weighted by molar-refractivity contribution is 5.78. The van der Waals surface area contributed by atoms with Crippen LogP contribution in [0, 0.1) is 5.92 Å². The van der Waals surface area contributed by atoms with Crippen LogP contribution >= 0.6 is 0 Å². The fourth-order valence-corrected chi connectivity index (χ4v) is 2.64. The summed E-state index contributed by atoms with van der Waals surface area (Å²) in [5.41, 5.74) is -0.769. The number of unbranched alkanes of at least 4 members (excludes halogenated alkanes) is 1. The number of carboxylic acid groups (broad SMARTS) is 1. The number of likely N-dealkylation sites (N-methyl/N-ethyl adjacent to an activating group) is 1. The van der Waals surface area contributed by atoms with E-state index in [9.17, 15) is 4.79 Å². The zero-order valence-electron chi connectivity index (χ0n) is 12.0. The van der Waals surface area contributed by atoms with Gasteiger partial charge in [0.2, 0.25) is 0 Å². The molecule has 1 aliphatic heterocycles. The molecule has 106 valence electrons. The molecule has 2 N–H and O–H groups in total. The maximum Gasteiger partial charge on any atom is 0.323 e. The Morgan fingerprint density at radius 2 is 2.22 bits per heavy atom. The van der Waals surface area contributed by atoms with Gasteiger partial charge in [-0.2, -0.15) is 0 Å². The van der Waals surface area contributed by atoms with Crippen LogP contribution in [0.5, 0.6) is 0 Å². The van der Waals surface area contributed by atoms with Crippen molar-refractivity contribution in [1.82, 2.24) is 10.2 Å². The molecule has 0 aliphatic carbocycles. The molecule has 0 radical (unpaired) electrons. The monoisotopic (exact) mass is 256 g/mol. The van der Waals surface area contributed by atoms with E-state index in [0.717, 1.165) is 25.3 Å². The molecule has 1 rings (SSSR count). The van der Waals surface area contributed by atoms with Crippen LogP contribution < -0.4 is 5.32 Å². The van der Waals surface area contributed by atoms with Crippen LogP contribution in [0.3, 0.4) is 0 Å². The van der Waals surface area contributed by atoms with Gasteiger partial charge in [0, 0.05) is 6.54 Å². The number of nitrogens with zero attached hydrogens (tertiary/aromatic N) is 1. The van der Waals surface area contributed by atoms with Gasteiger partial charge in [0.25, 0.3) is 0 Å². The molecule has 0 aromatic rings. The fourth-order valence-electron chi connectivity index (χ4n) is 2.64. The van der Waals surface area contributed by atoms with Crippen molar-refractivity contribution in [2.24, 2.45) is 5.92 Å². The molecule has 1 fully saturated rings. The molecule has 1 saturated heterocycles. The summed E-state index contributed by atoms with van der Waals surface area (Å²) in [5.74, 6) is 0.0666. The number of aliphatic carboxylic acids is 1. The molecule has 0 amide bonds. The average Bonchev–Trinajstić information content (AvgIpc) is 2.34. The Balaban J connectivity index is 2.19. The van der Waals surface area contributed by atoms with Gasteiger partial charge in [-0.15, -0.1) is 0 Å². The SMILES string of the molecule is CNC(C)(CCCCN1CCCC(C)C1)C(=O)O. The summed E-state index contributed by atoms with van der Waals surface area (Å²) in [6.07, 6.45) is 5.42. The Hall–Kier alpha value is -0.610. The smallest absolute Gasteiger partial charge is 0.323 e. The maximum atomic E-state index is 11.1. The second kappa shape index (κ2) is 7.10. The van der Waals surface area contributed by atoms with Crippen molar-refractivity contribution >= 4 is 5.97 Å². The summed E-state index contributed by atoms with van der Waals surface area (Å²) in [5, 5.41) is 12.1. The molecule has 1 heterocycles. The number of hydrogen-bond donors (Lipinski definition) is 2. The van der Waals surface area contributed by atoms with Gasteiger partial charge in [-0.1, -0.05) is 6.92 Å². The standard InChI is InChI=1S/C14H28N2O2/c1-12-7-6-10-16(11-12)9-5-4-8-14(2,15-3)13(17)18/h12,15H,4-11H2,1-3H3,(H,17,18). The molecular weight excluding hydrogens is 228 g/mol. The number of carboxylic acids is 1. The lowest BCUT2D eigenvalue weighted by Crippen LogP contribution is -2.47. The summed E-state index contributed by atoms with van der Waals surface area (Å²) >= 11 is 0. The second-order valence-corrected chi connectivity index (χ2v) is 5.89. The highest BCUT2D eigenvalue weighted by Gasteiger charge is 2.30. The van der Waals surface area contributed by atoms with Gasteiger partial charge in [0.15, 0.2) is 0 Å². The first-order valence-corrected chi connectivity index (χ1v) is 7.12. The molecule has 18 heavy (non-hydrogen) atoms. The Bertz CT molecular complexity index is 271. The molecule has 1 aliphatic rings. The minimum absolute atomic E-state index is 0.697. The van der Waals surface area contributed by atoms with Gasteiger partial charge in [-0.05, 0) is 65.1 Å². The van der Waals surface area contributed by atoms with Crippen LogP contribution in [0.25, 0.3) is 0 Å². The van der Waals surface area contributed by atoms with E-state index < -0.39 is 11.5 Å². The number of hydrogen-bond acceptors (Lipinski definition) is 3. The molecule has 2 unspecified atom stereocenters. The predicted octanol–water partition coefficient (Wildman–Crippen LogP) is 1.95. The average molecular weight is 256 g/mol. The lowest BCUT2D eigenvalue weighted by atomic mass is 9.94. The van der Waals surface area contributed by atoms with Crippen LogP contribution in [0.4, 0.5) is 0 Å². The van der Waals surface area contributed by atoms with Gasteiger partial charge >= 0.3 is 5.97 Å². The minimum atomic E-state index is -0.769. The van der Waals surface area contributed by atoms with Crippen molar-refractivity contribution < 1.29 is 9.90 Å². The van der Waals surface area contributed by atoms with Gasteiger partial charge in [0.1, 0.15) is 5.54 Å². The Kier molecular flexibility index (Phi) is 6.09. The number of carbonyl (C=O) groups is 1. The second-order valence-electron chi connectivity index (χ2n) is 5.89. The molecular formula is C14H28N2O2. The van der Waals surface area contributed by atoms with Crippen LogP contribution in [-0.4, -0.2) is 48.2 Å². The largest absolute Gasteiger partial charge is 0.480 e. The van der Waals surface area contributed by atoms with Crippen LogP contribution in [0.2, 0.25) is 0 Å². The fraction of sp³-hybridized carbons (Fsp3) is 0.929. The van der Waals surface area contributed by atoms with E-state index in [4.69, 9.17) is 5.11 Å². The summed E-state index contributed by atoms with van der Waals surface area (Å²) in [6, 6.07) is 0. The molecule has 0 spiro atoms. The lowest BCUT2D eigenvalue weighted by Gasteiger charge is -2.31. The van der Waals surface area contributed by atoms with Crippen molar-refractivity contribution in [3.8, 4) is 0 Å². The van der Waals surface area contributed by atoms with E-state index in [1.807, 2.05) is 0 Å². The highest BCUT2D eigenvalue weighted by atomic mass is 16.4. The topological polar surface area (TPSA) is 52.6 Å². The first-order valence-electron chi connectivity index (χ1n) is 7.12. The summed E-state index contributed by atoms with van der Waals surface area (Å²) < 4.78 is 0. The summed E-state index contributed by atoms with van der Waals surface area (Å²) in [6.45, 7) is 7.62. The third kappa shape index (κ3) is 4.58. The quantitative estimate of drug-likeness (QED) is 0.684. The van der Waals surface area contributed by atoms with Crippen molar-refractivity contribution in [2.45, 2.75) is 51.5 Å². The molecule has 0 aromatic heterocycles. The molecule has 0 bridgehead atoms. The normalized spacial score (nSPS) is 24.7. The lowest BCUT2D eigenvalue weighted by molar-refractivity contribution is -0.144. The summed E-state index contributed by atoms with van der Waals surface area (Å²) in [7, 11) is 1.72. The van der Waals surface area contributed by atoms with Gasteiger partial charge in [-0.3, -0.25) is 4.79 Å². The van der Waals surface area contributed by atoms with Gasteiger partial charge in [-0.25, -0.2) is 0 Å². The molecule has 4 heteroatoms. The van der Waals surface area contributed by atoms with Crippen LogP contribution in [-0.2, 0) is 4.79 Å². The Morgan fingerprint density at radius 3 is 2.78 bits per heavy atom. The van der Waals surface area contributed by atoms with Crippen molar-refractivity contribution in [3.63, 3.8) is 0 Å². The number of piperidine rings is 1. The van der Waals surface area contributed by atoms with E-state index in [-0.39, 0.29) is 0 Å². The minimum Gasteiger partial charge on any atom is -0.480 e. The van der Waals surface area contributed by atoms with E-state index in [2.05, 4.69) is 17.1 Å². The molecule has 0 saturated carbocycles. The predicted molar refractivity (Wildman–Crippen MR) is 73.8 cm³/mol. The van der Waals surface area contributed by atoms with Crippen LogP contribution in [0.1, 0.15) is 46.0 Å².